The molecule has 24 heavy (non-hydrogen) atoms. The third kappa shape index (κ3) is 6.46. The largest absolute Gasteiger partial charge is 0.347 e. The topological polar surface area (TPSA) is 56.7 Å². The standard InChI is InChI=1S/C16H23FN4OS.HI/c1-3-14-11-21(8-9-23-14)16(18-2)19-10-15(22)20-13-6-4-12(17)5-7-13;/h4-7,14H,3,8-11H2,1-2H3,(H,18,19)(H,20,22);1H. The van der Waals surface area contributed by atoms with E-state index in [0.717, 1.165) is 31.2 Å². The van der Waals surface area contributed by atoms with Crippen LogP contribution in [0.3, 0.4) is 0 Å². The van der Waals surface area contributed by atoms with Crippen LogP contribution in [0.2, 0.25) is 0 Å². The summed E-state index contributed by atoms with van der Waals surface area (Å²) in [5.74, 6) is 1.31. The number of aliphatic imine (C=N–C) groups is 1. The molecule has 1 aliphatic heterocycles. The lowest BCUT2D eigenvalue weighted by atomic mass is 10.3. The number of thioether (sulfide) groups is 1. The molecule has 134 valence electrons. The van der Waals surface area contributed by atoms with E-state index in [1.54, 1.807) is 7.05 Å². The van der Waals surface area contributed by atoms with Crippen LogP contribution < -0.4 is 10.6 Å². The van der Waals surface area contributed by atoms with Crippen LogP contribution in [0.1, 0.15) is 13.3 Å². The van der Waals surface area contributed by atoms with Crippen LogP contribution in [0.4, 0.5) is 10.1 Å². The lowest BCUT2D eigenvalue weighted by Gasteiger charge is -2.34. The van der Waals surface area contributed by atoms with Gasteiger partial charge in [-0.05, 0) is 30.7 Å². The third-order valence-corrected chi connectivity index (χ3v) is 5.01. The van der Waals surface area contributed by atoms with Gasteiger partial charge >= 0.3 is 0 Å². The fourth-order valence-electron chi connectivity index (χ4n) is 2.39. The monoisotopic (exact) mass is 466 g/mol. The number of guanidine groups is 1. The van der Waals surface area contributed by atoms with Crippen molar-refractivity contribution in [3.05, 3.63) is 30.1 Å². The highest BCUT2D eigenvalue weighted by molar-refractivity contribution is 14.0. The summed E-state index contributed by atoms with van der Waals surface area (Å²) in [5, 5.41) is 6.43. The second kappa shape index (κ2) is 10.8. The first-order valence-corrected chi connectivity index (χ1v) is 8.80. The molecule has 2 N–H and O–H groups in total. The SMILES string of the molecule is CCC1CN(C(=NC)NCC(=O)Nc2ccc(F)cc2)CCS1.I. The molecule has 0 aromatic heterocycles. The zero-order valence-corrected chi connectivity index (χ0v) is 17.1. The number of rotatable bonds is 4. The van der Waals surface area contributed by atoms with E-state index in [9.17, 15) is 9.18 Å². The van der Waals surface area contributed by atoms with Crippen molar-refractivity contribution in [2.24, 2.45) is 4.99 Å². The molecule has 0 radical (unpaired) electrons. The lowest BCUT2D eigenvalue weighted by molar-refractivity contribution is -0.115. The molecule has 1 atom stereocenters. The van der Waals surface area contributed by atoms with E-state index in [4.69, 9.17) is 0 Å². The maximum Gasteiger partial charge on any atom is 0.243 e. The quantitative estimate of drug-likeness (QED) is 0.407. The zero-order chi connectivity index (χ0) is 16.7. The Morgan fingerprint density at radius 1 is 1.42 bits per heavy atom. The van der Waals surface area contributed by atoms with E-state index < -0.39 is 0 Å². The van der Waals surface area contributed by atoms with Gasteiger partial charge in [-0.2, -0.15) is 11.8 Å². The number of hydrogen-bond donors (Lipinski definition) is 2. The molecular weight excluding hydrogens is 442 g/mol. The van der Waals surface area contributed by atoms with Crippen molar-refractivity contribution < 1.29 is 9.18 Å². The van der Waals surface area contributed by atoms with Crippen molar-refractivity contribution >= 4 is 53.3 Å². The van der Waals surface area contributed by atoms with Gasteiger partial charge in [0.15, 0.2) is 5.96 Å². The van der Waals surface area contributed by atoms with E-state index in [2.05, 4.69) is 27.4 Å². The molecule has 1 fully saturated rings. The van der Waals surface area contributed by atoms with Crippen LogP contribution >= 0.6 is 35.7 Å². The number of nitrogens with zero attached hydrogens (tertiary/aromatic N) is 2. The minimum Gasteiger partial charge on any atom is -0.347 e. The Labute approximate surface area is 163 Å². The van der Waals surface area contributed by atoms with Crippen molar-refractivity contribution in [2.45, 2.75) is 18.6 Å². The Kier molecular flexibility index (Phi) is 9.42. The molecule has 2 rings (SSSR count). The molecule has 0 aliphatic carbocycles. The van der Waals surface area contributed by atoms with Crippen molar-refractivity contribution in [2.75, 3.05) is 37.8 Å². The van der Waals surface area contributed by atoms with Gasteiger partial charge in [0, 0.05) is 36.8 Å². The number of hydrogen-bond acceptors (Lipinski definition) is 3. The van der Waals surface area contributed by atoms with Crippen molar-refractivity contribution in [1.29, 1.82) is 0 Å². The molecular formula is C16H24FIN4OS. The van der Waals surface area contributed by atoms with Gasteiger partial charge in [-0.15, -0.1) is 24.0 Å². The molecule has 1 aromatic carbocycles. The summed E-state index contributed by atoms with van der Waals surface area (Å²) in [7, 11) is 1.73. The number of carbonyl (C=O) groups excluding carboxylic acids is 1. The zero-order valence-electron chi connectivity index (χ0n) is 13.9. The normalized spacial score (nSPS) is 17.9. The molecule has 1 saturated heterocycles. The van der Waals surface area contributed by atoms with Crippen LogP contribution in [-0.4, -0.2) is 54.5 Å². The minimum atomic E-state index is -0.324. The van der Waals surface area contributed by atoms with Gasteiger partial charge < -0.3 is 15.5 Å². The van der Waals surface area contributed by atoms with Gasteiger partial charge in [0.05, 0.1) is 6.54 Å². The Morgan fingerprint density at radius 2 is 2.12 bits per heavy atom. The predicted molar refractivity (Wildman–Crippen MR) is 110 cm³/mol. The maximum absolute atomic E-state index is 12.8. The highest BCUT2D eigenvalue weighted by atomic mass is 127. The van der Waals surface area contributed by atoms with Crippen molar-refractivity contribution in [1.82, 2.24) is 10.2 Å². The predicted octanol–water partition coefficient (Wildman–Crippen LogP) is 2.79. The van der Waals surface area contributed by atoms with Crippen LogP contribution in [0.25, 0.3) is 0 Å². The van der Waals surface area contributed by atoms with E-state index in [1.165, 1.54) is 24.3 Å². The van der Waals surface area contributed by atoms with Gasteiger partial charge in [0.1, 0.15) is 5.82 Å². The fraction of sp³-hybridized carbons (Fsp3) is 0.500. The van der Waals surface area contributed by atoms with Crippen molar-refractivity contribution in [3.8, 4) is 0 Å². The number of halogens is 2. The smallest absolute Gasteiger partial charge is 0.243 e. The molecule has 1 amide bonds. The second-order valence-electron chi connectivity index (χ2n) is 5.30. The highest BCUT2D eigenvalue weighted by Gasteiger charge is 2.21. The van der Waals surface area contributed by atoms with Crippen molar-refractivity contribution in [3.63, 3.8) is 0 Å². The Balaban J connectivity index is 0.00000288. The summed E-state index contributed by atoms with van der Waals surface area (Å²) in [6.07, 6.45) is 1.13. The summed E-state index contributed by atoms with van der Waals surface area (Å²) in [4.78, 5) is 18.4. The summed E-state index contributed by atoms with van der Waals surface area (Å²) in [6.45, 7) is 4.19. The second-order valence-corrected chi connectivity index (χ2v) is 6.71. The van der Waals surface area contributed by atoms with Crippen LogP contribution in [0.5, 0.6) is 0 Å². The van der Waals surface area contributed by atoms with Gasteiger partial charge in [0.2, 0.25) is 5.91 Å². The first-order valence-electron chi connectivity index (χ1n) is 7.75. The molecule has 1 heterocycles. The number of nitrogens with one attached hydrogen (secondary N) is 2. The number of carbonyl (C=O) groups is 1. The summed E-state index contributed by atoms with van der Waals surface area (Å²) >= 11 is 1.99. The first kappa shape index (κ1) is 21.0. The van der Waals surface area contributed by atoms with Gasteiger partial charge in [-0.1, -0.05) is 6.92 Å². The van der Waals surface area contributed by atoms with E-state index in [1.807, 2.05) is 11.8 Å². The molecule has 1 unspecified atom stereocenters. The fourth-order valence-corrected chi connectivity index (χ4v) is 3.57. The number of anilines is 1. The van der Waals surface area contributed by atoms with Crippen LogP contribution in [0.15, 0.2) is 29.3 Å². The molecule has 1 aliphatic rings. The molecule has 0 spiro atoms. The minimum absolute atomic E-state index is 0. The number of benzene rings is 1. The molecule has 0 saturated carbocycles. The number of amides is 1. The van der Waals surface area contributed by atoms with Crippen LogP contribution in [0, 0.1) is 5.82 Å². The molecule has 1 aromatic rings. The Morgan fingerprint density at radius 3 is 2.75 bits per heavy atom. The van der Waals surface area contributed by atoms with E-state index in [-0.39, 0.29) is 42.2 Å². The summed E-state index contributed by atoms with van der Waals surface area (Å²) in [6, 6.07) is 5.71. The summed E-state index contributed by atoms with van der Waals surface area (Å²) < 4.78 is 12.8. The van der Waals surface area contributed by atoms with Crippen LogP contribution in [-0.2, 0) is 4.79 Å². The molecule has 8 heteroatoms. The molecule has 0 bridgehead atoms. The average Bonchev–Trinajstić information content (AvgIpc) is 2.58. The average molecular weight is 466 g/mol. The van der Waals surface area contributed by atoms with E-state index in [0.29, 0.717) is 10.9 Å². The Bertz CT molecular complexity index is 556. The third-order valence-electron chi connectivity index (χ3n) is 3.64. The Hall–Kier alpha value is -1.03. The van der Waals surface area contributed by atoms with Gasteiger partial charge in [-0.25, -0.2) is 4.39 Å². The highest BCUT2D eigenvalue weighted by Crippen LogP contribution is 2.20. The lowest BCUT2D eigenvalue weighted by Crippen LogP contribution is -2.49. The van der Waals surface area contributed by atoms with E-state index >= 15 is 0 Å². The summed E-state index contributed by atoms with van der Waals surface area (Å²) in [5.41, 5.74) is 0.577. The first-order chi connectivity index (χ1) is 11.1. The van der Waals surface area contributed by atoms with Gasteiger partial charge in [-0.3, -0.25) is 9.79 Å². The van der Waals surface area contributed by atoms with Gasteiger partial charge in [0.25, 0.3) is 0 Å². The molecule has 5 nitrogen and oxygen atoms in total. The maximum atomic E-state index is 12.8.